The lowest BCUT2D eigenvalue weighted by Gasteiger charge is -2.25. The number of aliphatic hydroxyl groups excluding tert-OH is 1. The number of nitrogens with one attached hydrogen (secondary N) is 3. The highest BCUT2D eigenvalue weighted by molar-refractivity contribution is 5.94. The maximum atomic E-state index is 12.6. The van der Waals surface area contributed by atoms with E-state index in [1.807, 2.05) is 60.7 Å². The van der Waals surface area contributed by atoms with Gasteiger partial charge in [-0.15, -0.1) is 0 Å². The zero-order chi connectivity index (χ0) is 24.9. The Hall–Kier alpha value is -3.68. The average Bonchev–Trinajstić information content (AvgIpc) is 2.89. The van der Waals surface area contributed by atoms with E-state index < -0.39 is 12.1 Å². The largest absolute Gasteiger partial charge is 0.497 e. The van der Waals surface area contributed by atoms with E-state index in [1.165, 1.54) is 0 Å². The van der Waals surface area contributed by atoms with Gasteiger partial charge in [0.05, 0.1) is 19.3 Å². The Kier molecular flexibility index (Phi) is 10.3. The zero-order valence-electron chi connectivity index (χ0n) is 19.9. The third-order valence-corrected chi connectivity index (χ3v) is 5.60. The number of rotatable bonds is 13. The number of carbonyl (C=O) groups excluding carboxylic acids is 2. The quantitative estimate of drug-likeness (QED) is 0.305. The number of carbonyl (C=O) groups is 2. The van der Waals surface area contributed by atoms with Gasteiger partial charge in [-0.1, -0.05) is 60.7 Å². The van der Waals surface area contributed by atoms with Crippen molar-refractivity contribution in [3.8, 4) is 5.75 Å². The summed E-state index contributed by atoms with van der Waals surface area (Å²) in [7, 11) is 1.63. The van der Waals surface area contributed by atoms with Crippen LogP contribution in [0, 0.1) is 0 Å². The van der Waals surface area contributed by atoms with Crippen LogP contribution in [0.1, 0.15) is 27.9 Å². The first-order chi connectivity index (χ1) is 17.0. The molecule has 3 rings (SSSR count). The Labute approximate surface area is 206 Å². The minimum absolute atomic E-state index is 0.119. The van der Waals surface area contributed by atoms with Gasteiger partial charge < -0.3 is 25.8 Å². The molecule has 4 N–H and O–H groups in total. The van der Waals surface area contributed by atoms with Gasteiger partial charge in [-0.2, -0.15) is 0 Å². The van der Waals surface area contributed by atoms with Crippen molar-refractivity contribution >= 4 is 11.8 Å². The number of hydrogen-bond acceptors (Lipinski definition) is 5. The molecule has 0 fully saturated rings. The molecular weight excluding hydrogens is 442 g/mol. The Morgan fingerprint density at radius 2 is 1.60 bits per heavy atom. The van der Waals surface area contributed by atoms with Crippen molar-refractivity contribution in [3.63, 3.8) is 0 Å². The van der Waals surface area contributed by atoms with Gasteiger partial charge in [0, 0.05) is 31.6 Å². The first-order valence-electron chi connectivity index (χ1n) is 11.7. The molecule has 0 aliphatic carbocycles. The average molecular weight is 476 g/mol. The van der Waals surface area contributed by atoms with Crippen molar-refractivity contribution in [2.45, 2.75) is 31.5 Å². The normalized spacial score (nSPS) is 12.4. The second kappa shape index (κ2) is 13.9. The van der Waals surface area contributed by atoms with Crippen LogP contribution in [0.25, 0.3) is 0 Å². The van der Waals surface area contributed by atoms with E-state index in [2.05, 4.69) is 16.0 Å². The van der Waals surface area contributed by atoms with Crippen molar-refractivity contribution in [2.24, 2.45) is 0 Å². The van der Waals surface area contributed by atoms with Crippen LogP contribution in [0.3, 0.4) is 0 Å². The van der Waals surface area contributed by atoms with Gasteiger partial charge in [-0.3, -0.25) is 9.59 Å². The molecule has 0 spiro atoms. The number of ether oxygens (including phenoxy) is 1. The fraction of sp³-hybridized carbons (Fsp3) is 0.286. The molecule has 0 aromatic heterocycles. The minimum atomic E-state index is -0.802. The first-order valence-corrected chi connectivity index (χ1v) is 11.7. The molecule has 3 aromatic carbocycles. The molecule has 0 aliphatic heterocycles. The summed E-state index contributed by atoms with van der Waals surface area (Å²) < 4.78 is 5.25. The molecule has 0 unspecified atom stereocenters. The fourth-order valence-corrected chi connectivity index (χ4v) is 3.70. The molecule has 2 amide bonds. The molecule has 7 nitrogen and oxygen atoms in total. The van der Waals surface area contributed by atoms with Crippen LogP contribution in [-0.4, -0.2) is 49.3 Å². The van der Waals surface area contributed by atoms with Gasteiger partial charge in [0.15, 0.2) is 0 Å². The third-order valence-electron chi connectivity index (χ3n) is 5.60. The van der Waals surface area contributed by atoms with Gasteiger partial charge in [0.25, 0.3) is 5.91 Å². The summed E-state index contributed by atoms with van der Waals surface area (Å²) >= 11 is 0. The highest BCUT2D eigenvalue weighted by Gasteiger charge is 2.21. The van der Waals surface area contributed by atoms with E-state index in [1.54, 1.807) is 31.4 Å². The van der Waals surface area contributed by atoms with Crippen molar-refractivity contribution < 1.29 is 19.4 Å². The second-order valence-corrected chi connectivity index (χ2v) is 8.29. The van der Waals surface area contributed by atoms with E-state index in [4.69, 9.17) is 4.74 Å². The molecule has 0 saturated carbocycles. The minimum Gasteiger partial charge on any atom is -0.497 e. The van der Waals surface area contributed by atoms with E-state index in [-0.39, 0.29) is 24.8 Å². The molecule has 0 radical (unpaired) electrons. The van der Waals surface area contributed by atoms with Crippen LogP contribution >= 0.6 is 0 Å². The number of benzene rings is 3. The Balaban J connectivity index is 1.52. The van der Waals surface area contributed by atoms with Crippen LogP contribution in [0.15, 0.2) is 84.9 Å². The van der Waals surface area contributed by atoms with Crippen molar-refractivity contribution in [1.82, 2.24) is 16.0 Å². The topological polar surface area (TPSA) is 99.7 Å². The van der Waals surface area contributed by atoms with Gasteiger partial charge in [0.2, 0.25) is 5.91 Å². The maximum absolute atomic E-state index is 12.6. The van der Waals surface area contributed by atoms with Gasteiger partial charge in [0.1, 0.15) is 5.75 Å². The smallest absolute Gasteiger partial charge is 0.251 e. The lowest BCUT2D eigenvalue weighted by atomic mass is 10.0. The lowest BCUT2D eigenvalue weighted by molar-refractivity contribution is -0.122. The number of aliphatic hydroxyl groups is 1. The van der Waals surface area contributed by atoms with Crippen LogP contribution in [0.2, 0.25) is 0 Å². The molecule has 184 valence electrons. The van der Waals surface area contributed by atoms with E-state index in [9.17, 15) is 14.7 Å². The van der Waals surface area contributed by atoms with Crippen LogP contribution in [-0.2, 0) is 17.8 Å². The first kappa shape index (κ1) is 25.9. The third kappa shape index (κ3) is 8.88. The SMILES string of the molecule is COc1cccc(CNC[C@@H](O)[C@H](Cc2ccccc2)NC(=O)CCNC(=O)c2ccccc2)c1. The monoisotopic (exact) mass is 475 g/mol. The number of hydrogen-bond donors (Lipinski definition) is 4. The van der Waals surface area contributed by atoms with E-state index in [0.29, 0.717) is 25.1 Å². The Morgan fingerprint density at radius 3 is 2.31 bits per heavy atom. The standard InChI is InChI=1S/C28H33N3O4/c1-35-24-14-8-11-22(17-24)19-29-20-26(32)25(18-21-9-4-2-5-10-21)31-27(33)15-16-30-28(34)23-12-6-3-7-13-23/h2-14,17,25-26,29,32H,15-16,18-20H2,1H3,(H,30,34)(H,31,33)/t25-,26+/m0/s1. The zero-order valence-corrected chi connectivity index (χ0v) is 19.9. The van der Waals surface area contributed by atoms with Crippen LogP contribution in [0.5, 0.6) is 5.75 Å². The van der Waals surface area contributed by atoms with E-state index in [0.717, 1.165) is 16.9 Å². The molecule has 0 heterocycles. The van der Waals surface area contributed by atoms with Gasteiger partial charge in [-0.05, 0) is 41.8 Å². The molecular formula is C28H33N3O4. The fourth-order valence-electron chi connectivity index (χ4n) is 3.70. The van der Waals surface area contributed by atoms with Crippen LogP contribution < -0.4 is 20.7 Å². The molecule has 0 bridgehead atoms. The molecule has 7 heteroatoms. The summed E-state index contributed by atoms with van der Waals surface area (Å²) in [6, 6.07) is 25.8. The van der Waals surface area contributed by atoms with E-state index >= 15 is 0 Å². The molecule has 2 atom stereocenters. The Morgan fingerprint density at radius 1 is 0.914 bits per heavy atom. The summed E-state index contributed by atoms with van der Waals surface area (Å²) in [6.45, 7) is 1.08. The van der Waals surface area contributed by atoms with Crippen LogP contribution in [0.4, 0.5) is 0 Å². The summed E-state index contributed by atoms with van der Waals surface area (Å²) in [4.78, 5) is 24.8. The summed E-state index contributed by atoms with van der Waals surface area (Å²) in [6.07, 6.45) is -0.192. The molecule has 3 aromatic rings. The number of methoxy groups -OCH3 is 1. The molecule has 35 heavy (non-hydrogen) atoms. The molecule has 0 aliphatic rings. The van der Waals surface area contributed by atoms with Crippen molar-refractivity contribution in [2.75, 3.05) is 20.2 Å². The maximum Gasteiger partial charge on any atom is 0.251 e. The summed E-state index contributed by atoms with van der Waals surface area (Å²) in [5, 5.41) is 19.8. The van der Waals surface area contributed by atoms with Gasteiger partial charge in [-0.25, -0.2) is 0 Å². The predicted molar refractivity (Wildman–Crippen MR) is 136 cm³/mol. The highest BCUT2D eigenvalue weighted by Crippen LogP contribution is 2.12. The molecule has 0 saturated heterocycles. The second-order valence-electron chi connectivity index (χ2n) is 8.29. The summed E-state index contributed by atoms with van der Waals surface area (Å²) in [5.74, 6) is 0.325. The van der Waals surface area contributed by atoms with Crippen molar-refractivity contribution in [1.29, 1.82) is 0 Å². The number of amides is 2. The van der Waals surface area contributed by atoms with Gasteiger partial charge >= 0.3 is 0 Å². The highest BCUT2D eigenvalue weighted by atomic mass is 16.5. The Bertz CT molecular complexity index is 1060. The van der Waals surface area contributed by atoms with Crippen molar-refractivity contribution in [3.05, 3.63) is 102 Å². The summed E-state index contributed by atoms with van der Waals surface area (Å²) in [5.41, 5.74) is 2.60. The lowest BCUT2D eigenvalue weighted by Crippen LogP contribution is -2.49. The predicted octanol–water partition coefficient (Wildman–Crippen LogP) is 2.69.